The van der Waals surface area contributed by atoms with E-state index in [-0.39, 0.29) is 17.2 Å². The molecule has 1 heterocycles. The number of hydrogen-bond acceptors (Lipinski definition) is 4. The Morgan fingerprint density at radius 1 is 1.38 bits per heavy atom. The van der Waals surface area contributed by atoms with Crippen molar-refractivity contribution in [1.82, 2.24) is 9.99 Å². The second-order valence-corrected chi connectivity index (χ2v) is 6.82. The van der Waals surface area contributed by atoms with Crippen LogP contribution in [-0.4, -0.2) is 23.3 Å². The van der Waals surface area contributed by atoms with Gasteiger partial charge in [-0.2, -0.15) is 5.10 Å². The summed E-state index contributed by atoms with van der Waals surface area (Å²) in [5, 5.41) is 3.93. The van der Waals surface area contributed by atoms with E-state index in [4.69, 9.17) is 4.74 Å². The van der Waals surface area contributed by atoms with Crippen LogP contribution in [0.5, 0.6) is 5.75 Å². The van der Waals surface area contributed by atoms with Crippen molar-refractivity contribution >= 4 is 28.1 Å². The molecule has 0 saturated carbocycles. The van der Waals surface area contributed by atoms with Crippen molar-refractivity contribution in [2.24, 2.45) is 5.10 Å². The highest BCUT2D eigenvalue weighted by atomic mass is 79.9. The number of pyridine rings is 1. The number of aromatic nitrogens is 1. The van der Waals surface area contributed by atoms with Gasteiger partial charge in [0.15, 0.2) is 0 Å². The number of nitrogens with one attached hydrogen (secondary N) is 1. The summed E-state index contributed by atoms with van der Waals surface area (Å²) >= 11 is 3.45. The van der Waals surface area contributed by atoms with Crippen LogP contribution < -0.4 is 15.7 Å². The first kappa shape index (κ1) is 19.9. The van der Waals surface area contributed by atoms with Gasteiger partial charge in [-0.25, -0.2) is 5.43 Å². The Morgan fingerprint density at radius 3 is 2.81 bits per heavy atom. The Balaban J connectivity index is 2.07. The molecule has 6 nitrogen and oxygen atoms in total. The lowest BCUT2D eigenvalue weighted by Crippen LogP contribution is -2.31. The summed E-state index contributed by atoms with van der Waals surface area (Å²) in [5.74, 6) is 0.217. The molecule has 0 radical (unpaired) electrons. The third kappa shape index (κ3) is 5.05. The zero-order valence-electron chi connectivity index (χ0n) is 15.0. The molecule has 0 bridgehead atoms. The number of rotatable bonds is 7. The van der Waals surface area contributed by atoms with Gasteiger partial charge in [-0.05, 0) is 72.1 Å². The highest BCUT2D eigenvalue weighted by Crippen LogP contribution is 2.25. The molecule has 1 N–H and O–H groups in total. The molecule has 0 aliphatic rings. The summed E-state index contributed by atoms with van der Waals surface area (Å²) in [5.41, 5.74) is 2.90. The molecule has 0 unspecified atom stereocenters. The standard InChI is InChI=1S/C19H22BrN3O3/c1-4-10-26-17-8-7-14(11-16(17)20)12-21-22-18(24)15-6-5-9-23(13(2)3)19(15)25/h5-9,11-13H,4,10H2,1-3H3,(H,22,24)/b21-12-. The van der Waals surface area contributed by atoms with Crippen LogP contribution in [0.1, 0.15) is 49.2 Å². The number of amides is 1. The van der Waals surface area contributed by atoms with Crippen molar-refractivity contribution < 1.29 is 9.53 Å². The van der Waals surface area contributed by atoms with Crippen molar-refractivity contribution in [3.63, 3.8) is 0 Å². The third-order valence-corrected chi connectivity index (χ3v) is 4.19. The molecule has 0 aliphatic carbocycles. The summed E-state index contributed by atoms with van der Waals surface area (Å²) in [6.07, 6.45) is 4.10. The van der Waals surface area contributed by atoms with E-state index in [1.807, 2.05) is 39.0 Å². The van der Waals surface area contributed by atoms with Crippen molar-refractivity contribution in [2.75, 3.05) is 6.61 Å². The second-order valence-electron chi connectivity index (χ2n) is 5.97. The average Bonchev–Trinajstić information content (AvgIpc) is 2.60. The molecular formula is C19H22BrN3O3. The van der Waals surface area contributed by atoms with E-state index in [0.29, 0.717) is 6.61 Å². The first-order valence-electron chi connectivity index (χ1n) is 8.41. The molecule has 2 aromatic rings. The molecule has 0 saturated heterocycles. The molecule has 1 aromatic carbocycles. The lowest BCUT2D eigenvalue weighted by atomic mass is 10.2. The molecule has 0 aliphatic heterocycles. The zero-order chi connectivity index (χ0) is 19.1. The molecule has 0 fully saturated rings. The topological polar surface area (TPSA) is 72.7 Å². The summed E-state index contributed by atoms with van der Waals surface area (Å²) in [4.78, 5) is 24.5. The van der Waals surface area contributed by atoms with Gasteiger partial charge >= 0.3 is 0 Å². The van der Waals surface area contributed by atoms with Crippen LogP contribution >= 0.6 is 15.9 Å². The minimum absolute atomic E-state index is 0.0236. The zero-order valence-corrected chi connectivity index (χ0v) is 16.6. The number of hydrogen-bond donors (Lipinski definition) is 1. The highest BCUT2D eigenvalue weighted by Gasteiger charge is 2.12. The molecule has 1 aromatic heterocycles. The first-order valence-corrected chi connectivity index (χ1v) is 9.20. The number of nitrogens with zero attached hydrogens (tertiary/aromatic N) is 2. The fraction of sp³-hybridized carbons (Fsp3) is 0.316. The largest absolute Gasteiger partial charge is 0.492 e. The maximum atomic E-state index is 12.3. The molecular weight excluding hydrogens is 398 g/mol. The summed E-state index contributed by atoms with van der Waals surface area (Å²) < 4.78 is 7.90. The van der Waals surface area contributed by atoms with Gasteiger partial charge in [0.2, 0.25) is 0 Å². The van der Waals surface area contributed by atoms with E-state index in [9.17, 15) is 9.59 Å². The van der Waals surface area contributed by atoms with Gasteiger partial charge in [0.25, 0.3) is 11.5 Å². The lowest BCUT2D eigenvalue weighted by Gasteiger charge is -2.10. The second kappa shape index (κ2) is 9.33. The minimum Gasteiger partial charge on any atom is -0.492 e. The molecule has 7 heteroatoms. The Bertz CT molecular complexity index is 859. The summed E-state index contributed by atoms with van der Waals surface area (Å²) in [6, 6.07) is 8.65. The van der Waals surface area contributed by atoms with Gasteiger partial charge in [0.05, 0.1) is 17.3 Å². The van der Waals surface area contributed by atoms with E-state index >= 15 is 0 Å². The van der Waals surface area contributed by atoms with Crippen LogP contribution in [-0.2, 0) is 0 Å². The van der Waals surface area contributed by atoms with Crippen molar-refractivity contribution in [3.8, 4) is 5.75 Å². The molecule has 0 spiro atoms. The Hall–Kier alpha value is -2.41. The van der Waals surface area contributed by atoms with E-state index in [0.717, 1.165) is 22.2 Å². The number of carbonyl (C=O) groups is 1. The average molecular weight is 420 g/mol. The minimum atomic E-state index is -0.539. The van der Waals surface area contributed by atoms with Crippen LogP contribution in [0.4, 0.5) is 0 Å². The van der Waals surface area contributed by atoms with Crippen LogP contribution in [0, 0.1) is 0 Å². The number of ether oxygens (including phenoxy) is 1. The first-order chi connectivity index (χ1) is 12.4. The lowest BCUT2D eigenvalue weighted by molar-refractivity contribution is 0.0953. The van der Waals surface area contributed by atoms with Crippen molar-refractivity contribution in [1.29, 1.82) is 0 Å². The molecule has 0 atom stereocenters. The molecule has 138 valence electrons. The SMILES string of the molecule is CCCOc1ccc(/C=N\NC(=O)c2cccn(C(C)C)c2=O)cc1Br. The van der Waals surface area contributed by atoms with Crippen LogP contribution in [0.3, 0.4) is 0 Å². The maximum absolute atomic E-state index is 12.3. The van der Waals surface area contributed by atoms with Crippen LogP contribution in [0.25, 0.3) is 0 Å². The number of hydrazone groups is 1. The fourth-order valence-electron chi connectivity index (χ4n) is 2.24. The summed E-state index contributed by atoms with van der Waals surface area (Å²) in [7, 11) is 0. The number of carbonyl (C=O) groups excluding carboxylic acids is 1. The third-order valence-electron chi connectivity index (χ3n) is 3.57. The van der Waals surface area contributed by atoms with Gasteiger partial charge in [0, 0.05) is 12.2 Å². The van der Waals surface area contributed by atoms with Crippen LogP contribution in [0.2, 0.25) is 0 Å². The molecule has 2 rings (SSSR count). The predicted octanol–water partition coefficient (Wildman–Crippen LogP) is 3.74. The Kier molecular flexibility index (Phi) is 7.15. The van der Waals surface area contributed by atoms with Gasteiger partial charge in [-0.15, -0.1) is 0 Å². The van der Waals surface area contributed by atoms with Gasteiger partial charge in [0.1, 0.15) is 11.3 Å². The normalized spacial score (nSPS) is 11.1. The Morgan fingerprint density at radius 2 is 2.15 bits per heavy atom. The van der Waals surface area contributed by atoms with Crippen molar-refractivity contribution in [3.05, 3.63) is 62.5 Å². The molecule has 26 heavy (non-hydrogen) atoms. The predicted molar refractivity (Wildman–Crippen MR) is 106 cm³/mol. The van der Waals surface area contributed by atoms with E-state index in [1.165, 1.54) is 16.8 Å². The monoisotopic (exact) mass is 419 g/mol. The smallest absolute Gasteiger partial charge is 0.276 e. The van der Waals surface area contributed by atoms with Gasteiger partial charge in [-0.3, -0.25) is 9.59 Å². The van der Waals surface area contributed by atoms with E-state index < -0.39 is 5.91 Å². The van der Waals surface area contributed by atoms with E-state index in [1.54, 1.807) is 12.3 Å². The number of halogens is 1. The quantitative estimate of drug-likeness (QED) is 0.548. The van der Waals surface area contributed by atoms with Gasteiger partial charge in [-0.1, -0.05) is 6.92 Å². The fourth-order valence-corrected chi connectivity index (χ4v) is 2.75. The molecule has 1 amide bonds. The number of benzene rings is 1. The Labute approximate surface area is 161 Å². The summed E-state index contributed by atoms with van der Waals surface area (Å²) in [6.45, 7) is 6.45. The van der Waals surface area contributed by atoms with E-state index in [2.05, 4.69) is 26.5 Å². The highest BCUT2D eigenvalue weighted by molar-refractivity contribution is 9.10. The maximum Gasteiger partial charge on any atom is 0.276 e. The van der Waals surface area contributed by atoms with Crippen molar-refractivity contribution in [2.45, 2.75) is 33.2 Å². The van der Waals surface area contributed by atoms with Crippen LogP contribution in [0.15, 0.2) is 50.9 Å². The van der Waals surface area contributed by atoms with Gasteiger partial charge < -0.3 is 9.30 Å².